The average molecular weight is 369 g/mol. The minimum atomic E-state index is -0.410. The summed E-state index contributed by atoms with van der Waals surface area (Å²) < 4.78 is 5.05. The lowest BCUT2D eigenvalue weighted by Gasteiger charge is -2.15. The largest absolute Gasteiger partial charge is 0.461 e. The molecule has 0 saturated heterocycles. The highest BCUT2D eigenvalue weighted by Crippen LogP contribution is 2.22. The fourth-order valence-electron chi connectivity index (χ4n) is 2.47. The van der Waals surface area contributed by atoms with Gasteiger partial charge in [0.15, 0.2) is 5.78 Å². The second kappa shape index (κ2) is 9.25. The second-order valence-corrected chi connectivity index (χ2v) is 6.64. The summed E-state index contributed by atoms with van der Waals surface area (Å²) in [6.07, 6.45) is 5.15. The molecule has 2 aromatic rings. The third-order valence-electron chi connectivity index (χ3n) is 3.81. The summed E-state index contributed by atoms with van der Waals surface area (Å²) in [6, 6.07) is 13.6. The smallest absolute Gasteiger partial charge is 0.354 e. The van der Waals surface area contributed by atoms with Gasteiger partial charge in [0.25, 0.3) is 0 Å². The lowest BCUT2D eigenvalue weighted by Crippen LogP contribution is -2.21. The van der Waals surface area contributed by atoms with E-state index in [-0.39, 0.29) is 5.78 Å². The topological polar surface area (TPSA) is 46.6 Å². The zero-order chi connectivity index (χ0) is 19.1. The zero-order valence-electron chi connectivity index (χ0n) is 15.5. The van der Waals surface area contributed by atoms with Crippen LogP contribution in [-0.4, -0.2) is 43.6 Å². The molecule has 0 unspecified atom stereocenters. The molecule has 0 aliphatic carbocycles. The molecule has 0 bridgehead atoms. The van der Waals surface area contributed by atoms with Crippen molar-refractivity contribution < 1.29 is 14.3 Å². The summed E-state index contributed by atoms with van der Waals surface area (Å²) in [5.41, 5.74) is 1.02. The minimum Gasteiger partial charge on any atom is -0.461 e. The molecule has 0 aromatic heterocycles. The Hall–Kier alpha value is -2.53. The molecule has 0 fully saturated rings. The van der Waals surface area contributed by atoms with E-state index in [0.717, 1.165) is 10.8 Å². The van der Waals surface area contributed by atoms with Gasteiger partial charge in [0.2, 0.25) is 0 Å². The Kier molecular flexibility index (Phi) is 7.04. The van der Waals surface area contributed by atoms with Crippen molar-refractivity contribution in [2.24, 2.45) is 0 Å². The van der Waals surface area contributed by atoms with Crippen LogP contribution in [0.3, 0.4) is 0 Å². The van der Waals surface area contributed by atoms with E-state index in [9.17, 15) is 9.59 Å². The van der Waals surface area contributed by atoms with Crippen molar-refractivity contribution >= 4 is 34.3 Å². The number of rotatable bonds is 7. The number of allylic oxidation sites excluding steroid dienone is 3. The Bertz CT molecular complexity index is 868. The standard InChI is InChI=1S/C21H23NO3S/c1-5-25-21(24)18(22(2)3)12-13-19(26-4)20(23)17-11-10-15-8-6-7-9-16(15)14-17/h6-14H,5H2,1-4H3. The van der Waals surface area contributed by atoms with Crippen LogP contribution in [0.15, 0.2) is 65.2 Å². The van der Waals surface area contributed by atoms with Gasteiger partial charge < -0.3 is 9.64 Å². The van der Waals surface area contributed by atoms with Gasteiger partial charge in [-0.05, 0) is 42.2 Å². The van der Waals surface area contributed by atoms with Gasteiger partial charge in [-0.25, -0.2) is 4.79 Å². The number of likely N-dealkylation sites (N-methyl/N-ethyl adjacent to an activating group) is 1. The van der Waals surface area contributed by atoms with Crippen LogP contribution < -0.4 is 0 Å². The number of fused-ring (bicyclic) bond motifs is 1. The number of esters is 1. The Morgan fingerprint density at radius 2 is 1.77 bits per heavy atom. The molecule has 0 heterocycles. The molecule has 2 aromatic carbocycles. The Morgan fingerprint density at radius 3 is 2.38 bits per heavy atom. The van der Waals surface area contributed by atoms with Gasteiger partial charge in [-0.3, -0.25) is 4.79 Å². The maximum absolute atomic E-state index is 12.8. The highest BCUT2D eigenvalue weighted by Gasteiger charge is 2.14. The number of Topliss-reactive ketones (excluding diaryl/α,β-unsaturated/α-hetero) is 1. The fourth-order valence-corrected chi connectivity index (χ4v) is 2.98. The van der Waals surface area contributed by atoms with Crippen molar-refractivity contribution in [3.63, 3.8) is 0 Å². The van der Waals surface area contributed by atoms with Crippen LogP contribution in [0.25, 0.3) is 10.8 Å². The molecule has 0 aliphatic rings. The van der Waals surface area contributed by atoms with Crippen LogP contribution in [0.1, 0.15) is 17.3 Å². The average Bonchev–Trinajstić information content (AvgIpc) is 2.64. The molecule has 0 spiro atoms. The molecular weight excluding hydrogens is 346 g/mol. The molecule has 5 heteroatoms. The molecule has 0 saturated carbocycles. The molecular formula is C21H23NO3S. The lowest BCUT2D eigenvalue weighted by molar-refractivity contribution is -0.140. The lowest BCUT2D eigenvalue weighted by atomic mass is 10.0. The van der Waals surface area contributed by atoms with Gasteiger partial charge >= 0.3 is 5.97 Å². The van der Waals surface area contributed by atoms with E-state index in [2.05, 4.69) is 0 Å². The predicted molar refractivity (Wildman–Crippen MR) is 108 cm³/mol. The number of hydrogen-bond donors (Lipinski definition) is 0. The number of benzene rings is 2. The van der Waals surface area contributed by atoms with Crippen LogP contribution >= 0.6 is 11.8 Å². The number of nitrogens with zero attached hydrogens (tertiary/aromatic N) is 1. The fraction of sp³-hybridized carbons (Fsp3) is 0.238. The Labute approximate surface area is 158 Å². The summed E-state index contributed by atoms with van der Waals surface area (Å²) in [4.78, 5) is 27.1. The molecule has 0 radical (unpaired) electrons. The van der Waals surface area contributed by atoms with Gasteiger partial charge in [-0.2, -0.15) is 0 Å². The van der Waals surface area contributed by atoms with Gasteiger partial charge in [0.1, 0.15) is 5.70 Å². The molecule has 0 amide bonds. The quantitative estimate of drug-likeness (QED) is 0.316. The van der Waals surface area contributed by atoms with E-state index < -0.39 is 5.97 Å². The first-order valence-corrected chi connectivity index (χ1v) is 9.54. The molecule has 2 rings (SSSR count). The summed E-state index contributed by atoms with van der Waals surface area (Å²) in [6.45, 7) is 2.07. The van der Waals surface area contributed by atoms with E-state index in [0.29, 0.717) is 22.8 Å². The van der Waals surface area contributed by atoms with Crippen molar-refractivity contribution in [2.75, 3.05) is 27.0 Å². The third kappa shape index (κ3) is 4.76. The SMILES string of the molecule is CCOC(=O)C(=CC=C(SC)C(=O)c1ccc2ccccc2c1)N(C)C. The Morgan fingerprint density at radius 1 is 1.08 bits per heavy atom. The maximum atomic E-state index is 12.8. The van der Waals surface area contributed by atoms with E-state index >= 15 is 0 Å². The van der Waals surface area contributed by atoms with Crippen LogP contribution in [0.5, 0.6) is 0 Å². The third-order valence-corrected chi connectivity index (χ3v) is 4.58. The van der Waals surface area contributed by atoms with Crippen molar-refractivity contribution in [1.29, 1.82) is 0 Å². The van der Waals surface area contributed by atoms with Crippen LogP contribution in [0, 0.1) is 0 Å². The summed E-state index contributed by atoms with van der Waals surface area (Å²) in [5.74, 6) is -0.478. The van der Waals surface area contributed by atoms with E-state index in [4.69, 9.17) is 4.74 Å². The van der Waals surface area contributed by atoms with Crippen LogP contribution in [0.4, 0.5) is 0 Å². The van der Waals surface area contributed by atoms with Crippen molar-refractivity contribution in [3.05, 3.63) is 70.8 Å². The molecule has 4 nitrogen and oxygen atoms in total. The van der Waals surface area contributed by atoms with Gasteiger partial charge in [-0.15, -0.1) is 11.8 Å². The molecule has 26 heavy (non-hydrogen) atoms. The van der Waals surface area contributed by atoms with Crippen LogP contribution in [0.2, 0.25) is 0 Å². The first-order chi connectivity index (χ1) is 12.5. The second-order valence-electron chi connectivity index (χ2n) is 5.79. The monoisotopic (exact) mass is 369 g/mol. The highest BCUT2D eigenvalue weighted by molar-refractivity contribution is 8.03. The number of carbonyl (C=O) groups is 2. The highest BCUT2D eigenvalue weighted by atomic mass is 32.2. The number of ketones is 1. The van der Waals surface area contributed by atoms with Crippen LogP contribution in [-0.2, 0) is 9.53 Å². The number of thioether (sulfide) groups is 1. The summed E-state index contributed by atoms with van der Waals surface area (Å²) in [7, 11) is 3.53. The van der Waals surface area contributed by atoms with Gasteiger partial charge in [0, 0.05) is 19.7 Å². The molecule has 0 aliphatic heterocycles. The van der Waals surface area contributed by atoms with Crippen molar-refractivity contribution in [1.82, 2.24) is 4.90 Å². The molecule has 0 N–H and O–H groups in total. The predicted octanol–water partition coefficient (Wildman–Crippen LogP) is 4.28. The number of ether oxygens (including phenoxy) is 1. The summed E-state index contributed by atoms with van der Waals surface area (Å²) in [5, 5.41) is 2.12. The van der Waals surface area contributed by atoms with Gasteiger partial charge in [0.05, 0.1) is 11.5 Å². The van der Waals surface area contributed by atoms with Crippen molar-refractivity contribution in [3.8, 4) is 0 Å². The number of carbonyl (C=O) groups excluding carboxylic acids is 2. The van der Waals surface area contributed by atoms with Gasteiger partial charge in [-0.1, -0.05) is 36.4 Å². The van der Waals surface area contributed by atoms with E-state index in [1.54, 1.807) is 38.1 Å². The Balaban J connectivity index is 2.35. The minimum absolute atomic E-state index is 0.0681. The first-order valence-electron chi connectivity index (χ1n) is 8.31. The molecule has 136 valence electrons. The van der Waals surface area contributed by atoms with Crippen molar-refractivity contribution in [2.45, 2.75) is 6.92 Å². The van der Waals surface area contributed by atoms with E-state index in [1.807, 2.05) is 48.7 Å². The molecule has 0 atom stereocenters. The normalized spacial score (nSPS) is 12.2. The van der Waals surface area contributed by atoms with E-state index in [1.165, 1.54) is 11.8 Å². The number of hydrogen-bond acceptors (Lipinski definition) is 5. The zero-order valence-corrected chi connectivity index (χ0v) is 16.3. The summed E-state index contributed by atoms with van der Waals surface area (Å²) >= 11 is 1.35. The first kappa shape index (κ1) is 19.8. The maximum Gasteiger partial charge on any atom is 0.354 e.